The third-order valence-corrected chi connectivity index (χ3v) is 3.56. The molecule has 1 heterocycles. The Hall–Kier alpha value is -1.92. The Morgan fingerprint density at radius 1 is 1.63 bits per heavy atom. The SMILES string of the molecule is CCOC(=O)c1cn[nH]c1S(=O)(=O)NCCCC#N. The number of unbranched alkanes of at least 4 members (excludes halogenated alkanes) is 1. The molecule has 104 valence electrons. The van der Waals surface area contributed by atoms with E-state index in [1.807, 2.05) is 6.07 Å². The molecule has 9 heteroatoms. The Labute approximate surface area is 110 Å². The molecule has 0 saturated carbocycles. The van der Waals surface area contributed by atoms with Crippen molar-refractivity contribution in [3.05, 3.63) is 11.8 Å². The number of aromatic nitrogens is 2. The summed E-state index contributed by atoms with van der Waals surface area (Å²) in [5.74, 6) is -0.756. The van der Waals surface area contributed by atoms with Gasteiger partial charge in [-0.05, 0) is 13.3 Å². The Morgan fingerprint density at radius 2 is 2.37 bits per heavy atom. The van der Waals surface area contributed by atoms with Crippen LogP contribution in [0.5, 0.6) is 0 Å². The molecule has 1 aromatic heterocycles. The van der Waals surface area contributed by atoms with E-state index in [0.717, 1.165) is 6.20 Å². The number of esters is 1. The highest BCUT2D eigenvalue weighted by atomic mass is 32.2. The second kappa shape index (κ2) is 6.86. The number of hydrogen-bond donors (Lipinski definition) is 2. The zero-order valence-electron chi connectivity index (χ0n) is 10.3. The number of sulfonamides is 1. The summed E-state index contributed by atoms with van der Waals surface area (Å²) in [6, 6.07) is 1.91. The van der Waals surface area contributed by atoms with Gasteiger partial charge < -0.3 is 4.74 Å². The topological polar surface area (TPSA) is 125 Å². The van der Waals surface area contributed by atoms with E-state index in [4.69, 9.17) is 10.00 Å². The molecule has 19 heavy (non-hydrogen) atoms. The molecule has 1 aromatic rings. The molecule has 0 unspecified atom stereocenters. The fraction of sp³-hybridized carbons (Fsp3) is 0.500. The van der Waals surface area contributed by atoms with Gasteiger partial charge in [-0.1, -0.05) is 0 Å². The zero-order valence-corrected chi connectivity index (χ0v) is 11.2. The van der Waals surface area contributed by atoms with Gasteiger partial charge in [0.15, 0.2) is 5.03 Å². The zero-order chi connectivity index (χ0) is 14.3. The number of nitrogens with zero attached hydrogens (tertiary/aromatic N) is 2. The maximum absolute atomic E-state index is 11.9. The highest BCUT2D eigenvalue weighted by molar-refractivity contribution is 7.89. The lowest BCUT2D eigenvalue weighted by atomic mass is 10.3. The summed E-state index contributed by atoms with van der Waals surface area (Å²) < 4.78 is 30.8. The number of aromatic amines is 1. The molecule has 0 saturated heterocycles. The van der Waals surface area contributed by atoms with Crippen molar-refractivity contribution in [3.63, 3.8) is 0 Å². The third-order valence-electron chi connectivity index (χ3n) is 2.13. The van der Waals surface area contributed by atoms with Crippen molar-refractivity contribution in [1.82, 2.24) is 14.9 Å². The van der Waals surface area contributed by atoms with Crippen LogP contribution in [0, 0.1) is 11.3 Å². The average molecular weight is 286 g/mol. The van der Waals surface area contributed by atoms with Gasteiger partial charge in [0.2, 0.25) is 0 Å². The number of carbonyl (C=O) groups excluding carboxylic acids is 1. The van der Waals surface area contributed by atoms with Gasteiger partial charge >= 0.3 is 5.97 Å². The molecule has 0 radical (unpaired) electrons. The molecule has 0 aliphatic heterocycles. The standard InChI is InChI=1S/C10H14N4O4S/c1-2-18-10(15)8-7-12-14-9(8)19(16,17)13-6-4-3-5-11/h7,13H,2-4,6H2,1H3,(H,12,14). The minimum Gasteiger partial charge on any atom is -0.462 e. The summed E-state index contributed by atoms with van der Waals surface area (Å²) in [7, 11) is -3.87. The Morgan fingerprint density at radius 3 is 3.00 bits per heavy atom. The summed E-state index contributed by atoms with van der Waals surface area (Å²) in [4.78, 5) is 11.5. The van der Waals surface area contributed by atoms with Crippen molar-refractivity contribution in [2.45, 2.75) is 24.8 Å². The quantitative estimate of drug-likeness (QED) is 0.543. The second-order valence-corrected chi connectivity index (χ2v) is 5.20. The van der Waals surface area contributed by atoms with Gasteiger partial charge in [0.05, 0.1) is 18.9 Å². The van der Waals surface area contributed by atoms with Crippen LogP contribution in [0.4, 0.5) is 0 Å². The predicted octanol–water partition coefficient (Wildman–Crippen LogP) is 0.168. The normalized spacial score (nSPS) is 10.9. The van der Waals surface area contributed by atoms with Crippen LogP contribution >= 0.6 is 0 Å². The van der Waals surface area contributed by atoms with Crippen molar-refractivity contribution in [2.75, 3.05) is 13.2 Å². The molecular weight excluding hydrogens is 272 g/mol. The summed E-state index contributed by atoms with van der Waals surface area (Å²) in [5, 5.41) is 13.8. The van der Waals surface area contributed by atoms with Gasteiger partial charge in [-0.15, -0.1) is 0 Å². The van der Waals surface area contributed by atoms with Crippen molar-refractivity contribution < 1.29 is 17.9 Å². The molecule has 0 aliphatic rings. The van der Waals surface area contributed by atoms with Gasteiger partial charge in [0, 0.05) is 13.0 Å². The van der Waals surface area contributed by atoms with E-state index in [9.17, 15) is 13.2 Å². The highest BCUT2D eigenvalue weighted by Crippen LogP contribution is 2.13. The first-order valence-corrected chi connectivity index (χ1v) is 7.08. The predicted molar refractivity (Wildman–Crippen MR) is 64.6 cm³/mol. The van der Waals surface area contributed by atoms with Crippen LogP contribution in [0.1, 0.15) is 30.1 Å². The lowest BCUT2D eigenvalue weighted by Crippen LogP contribution is -2.26. The monoisotopic (exact) mass is 286 g/mol. The Kier molecular flexibility index (Phi) is 5.47. The number of H-pyrrole nitrogens is 1. The molecule has 0 bridgehead atoms. The Bertz CT molecular complexity index is 573. The van der Waals surface area contributed by atoms with E-state index in [2.05, 4.69) is 14.9 Å². The molecule has 1 rings (SSSR count). The number of ether oxygens (including phenoxy) is 1. The number of nitriles is 1. The number of carbonyl (C=O) groups is 1. The van der Waals surface area contributed by atoms with Crippen LogP contribution < -0.4 is 4.72 Å². The number of rotatable bonds is 7. The van der Waals surface area contributed by atoms with E-state index in [1.54, 1.807) is 6.92 Å². The summed E-state index contributed by atoms with van der Waals surface area (Å²) in [6.07, 6.45) is 1.73. The lowest BCUT2D eigenvalue weighted by Gasteiger charge is -2.05. The van der Waals surface area contributed by atoms with Gasteiger partial charge in [0.25, 0.3) is 10.0 Å². The van der Waals surface area contributed by atoms with E-state index < -0.39 is 16.0 Å². The average Bonchev–Trinajstić information content (AvgIpc) is 2.85. The fourth-order valence-electron chi connectivity index (χ4n) is 1.28. The van der Waals surface area contributed by atoms with Crippen LogP contribution in [0.25, 0.3) is 0 Å². The number of nitrogens with one attached hydrogen (secondary N) is 2. The summed E-state index contributed by atoms with van der Waals surface area (Å²) >= 11 is 0. The second-order valence-electron chi connectivity index (χ2n) is 3.49. The van der Waals surface area contributed by atoms with Crippen LogP contribution in [-0.4, -0.2) is 37.7 Å². The molecular formula is C10H14N4O4S. The number of hydrogen-bond acceptors (Lipinski definition) is 6. The smallest absolute Gasteiger partial charge is 0.342 e. The van der Waals surface area contributed by atoms with Crippen LogP contribution in [0.2, 0.25) is 0 Å². The molecule has 0 fully saturated rings. The van der Waals surface area contributed by atoms with Gasteiger partial charge in [-0.3, -0.25) is 5.10 Å². The van der Waals surface area contributed by atoms with Crippen LogP contribution in [-0.2, 0) is 14.8 Å². The first kappa shape index (κ1) is 15.1. The van der Waals surface area contributed by atoms with E-state index >= 15 is 0 Å². The minimum absolute atomic E-state index is 0.108. The fourth-order valence-corrected chi connectivity index (χ4v) is 2.44. The lowest BCUT2D eigenvalue weighted by molar-refractivity contribution is 0.0522. The van der Waals surface area contributed by atoms with Crippen molar-refractivity contribution >= 4 is 16.0 Å². The molecule has 8 nitrogen and oxygen atoms in total. The molecule has 0 aromatic carbocycles. The summed E-state index contributed by atoms with van der Waals surface area (Å²) in [5.41, 5.74) is -0.144. The molecule has 0 spiro atoms. The van der Waals surface area contributed by atoms with Gasteiger partial charge in [0.1, 0.15) is 5.56 Å². The molecule has 0 atom stereocenters. The Balaban J connectivity index is 2.82. The van der Waals surface area contributed by atoms with E-state index in [0.29, 0.717) is 6.42 Å². The first-order valence-electron chi connectivity index (χ1n) is 5.60. The summed E-state index contributed by atoms with van der Waals surface area (Å²) in [6.45, 7) is 1.86. The maximum atomic E-state index is 11.9. The van der Waals surface area contributed by atoms with Crippen molar-refractivity contribution in [1.29, 1.82) is 5.26 Å². The molecule has 0 aliphatic carbocycles. The highest BCUT2D eigenvalue weighted by Gasteiger charge is 2.25. The maximum Gasteiger partial charge on any atom is 0.342 e. The van der Waals surface area contributed by atoms with E-state index in [-0.39, 0.29) is 30.2 Å². The van der Waals surface area contributed by atoms with Crippen LogP contribution in [0.15, 0.2) is 11.2 Å². The molecule has 0 amide bonds. The van der Waals surface area contributed by atoms with Crippen molar-refractivity contribution in [3.8, 4) is 6.07 Å². The van der Waals surface area contributed by atoms with Gasteiger partial charge in [-0.25, -0.2) is 17.9 Å². The van der Waals surface area contributed by atoms with Crippen LogP contribution in [0.3, 0.4) is 0 Å². The van der Waals surface area contributed by atoms with Crippen molar-refractivity contribution in [2.24, 2.45) is 0 Å². The minimum atomic E-state index is -3.87. The van der Waals surface area contributed by atoms with E-state index in [1.165, 1.54) is 0 Å². The third kappa shape index (κ3) is 4.04. The first-order chi connectivity index (χ1) is 9.03. The largest absolute Gasteiger partial charge is 0.462 e. The molecule has 2 N–H and O–H groups in total. The van der Waals surface area contributed by atoms with Gasteiger partial charge in [-0.2, -0.15) is 10.4 Å².